The first-order chi connectivity index (χ1) is 9.79. The van der Waals surface area contributed by atoms with E-state index in [1.807, 2.05) is 18.2 Å². The number of fused-ring (bicyclic) bond motifs is 1. The maximum absolute atomic E-state index is 6.03. The summed E-state index contributed by atoms with van der Waals surface area (Å²) in [4.78, 5) is 0. The molecule has 2 aromatic carbocycles. The third kappa shape index (κ3) is 2.60. The van der Waals surface area contributed by atoms with E-state index in [1.165, 1.54) is 9.13 Å². The van der Waals surface area contributed by atoms with Crippen LogP contribution in [0.25, 0.3) is 11.0 Å². The first kappa shape index (κ1) is 13.6. The van der Waals surface area contributed by atoms with E-state index in [4.69, 9.17) is 4.42 Å². The standard InChI is InChI=1S/C17H16INO/c1-2-19-17(13-8-4-5-9-14(13)18)16-11-12-7-3-6-10-15(12)20-16/h3-11,17,19H,2H2,1H3. The van der Waals surface area contributed by atoms with Gasteiger partial charge in [0.2, 0.25) is 0 Å². The fourth-order valence-corrected chi connectivity index (χ4v) is 3.12. The molecule has 102 valence electrons. The third-order valence-electron chi connectivity index (χ3n) is 3.35. The molecule has 1 heterocycles. The molecule has 1 N–H and O–H groups in total. The van der Waals surface area contributed by atoms with Crippen molar-refractivity contribution in [2.24, 2.45) is 0 Å². The van der Waals surface area contributed by atoms with Crippen LogP contribution in [0, 0.1) is 3.57 Å². The Balaban J connectivity index is 2.08. The van der Waals surface area contributed by atoms with Crippen LogP contribution >= 0.6 is 22.6 Å². The highest BCUT2D eigenvalue weighted by Gasteiger charge is 2.19. The van der Waals surface area contributed by atoms with E-state index in [-0.39, 0.29) is 6.04 Å². The molecule has 0 aliphatic carbocycles. The minimum Gasteiger partial charge on any atom is -0.459 e. The topological polar surface area (TPSA) is 25.2 Å². The van der Waals surface area contributed by atoms with Crippen LogP contribution in [0.2, 0.25) is 0 Å². The van der Waals surface area contributed by atoms with E-state index in [1.54, 1.807) is 0 Å². The zero-order chi connectivity index (χ0) is 13.9. The van der Waals surface area contributed by atoms with Crippen LogP contribution in [0.5, 0.6) is 0 Å². The van der Waals surface area contributed by atoms with Gasteiger partial charge in [0.15, 0.2) is 0 Å². The van der Waals surface area contributed by atoms with Crippen LogP contribution in [0.1, 0.15) is 24.3 Å². The average Bonchev–Trinajstić information content (AvgIpc) is 2.89. The minimum absolute atomic E-state index is 0.0977. The summed E-state index contributed by atoms with van der Waals surface area (Å²) >= 11 is 2.38. The van der Waals surface area contributed by atoms with Gasteiger partial charge in [0.25, 0.3) is 0 Å². The summed E-state index contributed by atoms with van der Waals surface area (Å²) in [5.41, 5.74) is 2.20. The maximum Gasteiger partial charge on any atom is 0.134 e. The first-order valence-electron chi connectivity index (χ1n) is 6.76. The van der Waals surface area contributed by atoms with Crippen LogP contribution in [-0.2, 0) is 0 Å². The highest BCUT2D eigenvalue weighted by atomic mass is 127. The lowest BCUT2D eigenvalue weighted by Crippen LogP contribution is -2.22. The van der Waals surface area contributed by atoms with E-state index >= 15 is 0 Å². The van der Waals surface area contributed by atoms with E-state index in [0.29, 0.717) is 0 Å². The van der Waals surface area contributed by atoms with Crippen molar-refractivity contribution in [3.63, 3.8) is 0 Å². The number of halogens is 1. The van der Waals surface area contributed by atoms with Crippen molar-refractivity contribution >= 4 is 33.6 Å². The summed E-state index contributed by atoms with van der Waals surface area (Å²) in [6.07, 6.45) is 0. The smallest absolute Gasteiger partial charge is 0.134 e. The molecule has 0 spiro atoms. The van der Waals surface area contributed by atoms with Gasteiger partial charge in [0.1, 0.15) is 11.3 Å². The molecule has 0 radical (unpaired) electrons. The van der Waals surface area contributed by atoms with Gasteiger partial charge in [-0.2, -0.15) is 0 Å². The van der Waals surface area contributed by atoms with Crippen molar-refractivity contribution < 1.29 is 4.42 Å². The lowest BCUT2D eigenvalue weighted by atomic mass is 10.0. The molecule has 3 heteroatoms. The Hall–Kier alpha value is -1.33. The molecular weight excluding hydrogens is 361 g/mol. The summed E-state index contributed by atoms with van der Waals surface area (Å²) in [5.74, 6) is 0.970. The maximum atomic E-state index is 6.03. The van der Waals surface area contributed by atoms with Gasteiger partial charge in [-0.05, 0) is 52.9 Å². The molecule has 0 fully saturated rings. The lowest BCUT2D eigenvalue weighted by Gasteiger charge is -2.17. The molecular formula is C17H16INO. The average molecular weight is 377 g/mol. The van der Waals surface area contributed by atoms with Crippen molar-refractivity contribution in [3.05, 3.63) is 69.5 Å². The molecule has 2 nitrogen and oxygen atoms in total. The van der Waals surface area contributed by atoms with Gasteiger partial charge in [-0.1, -0.05) is 43.3 Å². The van der Waals surface area contributed by atoms with E-state index in [0.717, 1.165) is 23.3 Å². The summed E-state index contributed by atoms with van der Waals surface area (Å²) in [7, 11) is 0. The SMILES string of the molecule is CCNC(c1cc2ccccc2o1)c1ccccc1I. The van der Waals surface area contributed by atoms with Gasteiger partial charge < -0.3 is 9.73 Å². The van der Waals surface area contributed by atoms with Crippen molar-refractivity contribution in [1.82, 2.24) is 5.32 Å². The fraction of sp³-hybridized carbons (Fsp3) is 0.176. The second-order valence-corrected chi connectivity index (χ2v) is 5.86. The summed E-state index contributed by atoms with van der Waals surface area (Å²) < 4.78 is 7.27. The Morgan fingerprint density at radius 2 is 1.85 bits per heavy atom. The molecule has 0 amide bonds. The van der Waals surface area contributed by atoms with Gasteiger partial charge in [-0.15, -0.1) is 0 Å². The van der Waals surface area contributed by atoms with Gasteiger partial charge >= 0.3 is 0 Å². The summed E-state index contributed by atoms with van der Waals surface area (Å²) in [6.45, 7) is 3.01. The number of rotatable bonds is 4. The number of hydrogen-bond acceptors (Lipinski definition) is 2. The molecule has 0 aliphatic heterocycles. The molecule has 3 rings (SSSR count). The molecule has 1 unspecified atom stereocenters. The molecule has 3 aromatic rings. The molecule has 1 atom stereocenters. The monoisotopic (exact) mass is 377 g/mol. The van der Waals surface area contributed by atoms with Crippen LogP contribution < -0.4 is 5.32 Å². The van der Waals surface area contributed by atoms with Crippen molar-refractivity contribution in [1.29, 1.82) is 0 Å². The molecule has 0 saturated heterocycles. The number of hydrogen-bond donors (Lipinski definition) is 1. The van der Waals surface area contributed by atoms with Crippen LogP contribution in [0.4, 0.5) is 0 Å². The number of para-hydroxylation sites is 1. The highest BCUT2D eigenvalue weighted by molar-refractivity contribution is 14.1. The first-order valence-corrected chi connectivity index (χ1v) is 7.83. The Bertz CT molecular complexity index is 687. The quantitative estimate of drug-likeness (QED) is 0.665. The van der Waals surface area contributed by atoms with Gasteiger partial charge in [0.05, 0.1) is 6.04 Å². The van der Waals surface area contributed by atoms with Gasteiger partial charge in [-0.3, -0.25) is 0 Å². The summed E-state index contributed by atoms with van der Waals surface area (Å²) in [5, 5.41) is 4.67. The largest absolute Gasteiger partial charge is 0.459 e. The van der Waals surface area contributed by atoms with Crippen molar-refractivity contribution in [2.45, 2.75) is 13.0 Å². The fourth-order valence-electron chi connectivity index (χ4n) is 2.42. The van der Waals surface area contributed by atoms with Crippen LogP contribution in [0.3, 0.4) is 0 Å². The Kier molecular flexibility index (Phi) is 4.08. The van der Waals surface area contributed by atoms with Gasteiger partial charge in [0, 0.05) is 8.96 Å². The van der Waals surface area contributed by atoms with E-state index in [9.17, 15) is 0 Å². The Labute approximate surface area is 132 Å². The van der Waals surface area contributed by atoms with Crippen LogP contribution in [-0.4, -0.2) is 6.54 Å². The normalized spacial score (nSPS) is 12.7. The second-order valence-electron chi connectivity index (χ2n) is 4.70. The zero-order valence-corrected chi connectivity index (χ0v) is 13.4. The van der Waals surface area contributed by atoms with Gasteiger partial charge in [-0.25, -0.2) is 0 Å². The predicted molar refractivity (Wildman–Crippen MR) is 90.9 cm³/mol. The van der Waals surface area contributed by atoms with Crippen molar-refractivity contribution in [3.8, 4) is 0 Å². The zero-order valence-electron chi connectivity index (χ0n) is 11.3. The Morgan fingerprint density at radius 3 is 2.60 bits per heavy atom. The van der Waals surface area contributed by atoms with Crippen molar-refractivity contribution in [2.75, 3.05) is 6.54 Å². The summed E-state index contributed by atoms with van der Waals surface area (Å²) in [6, 6.07) is 18.8. The highest BCUT2D eigenvalue weighted by Crippen LogP contribution is 2.30. The third-order valence-corrected chi connectivity index (χ3v) is 4.34. The minimum atomic E-state index is 0.0977. The molecule has 0 aliphatic rings. The number of furan rings is 1. The number of benzene rings is 2. The molecule has 0 saturated carbocycles. The molecule has 1 aromatic heterocycles. The Morgan fingerprint density at radius 1 is 1.10 bits per heavy atom. The molecule has 0 bridgehead atoms. The van der Waals surface area contributed by atoms with E-state index < -0.39 is 0 Å². The number of nitrogens with one attached hydrogen (secondary N) is 1. The van der Waals surface area contributed by atoms with Crippen LogP contribution in [0.15, 0.2) is 59.0 Å². The van der Waals surface area contributed by atoms with E-state index in [2.05, 4.69) is 71.2 Å². The molecule has 20 heavy (non-hydrogen) atoms. The predicted octanol–water partition coefficient (Wildman–Crippen LogP) is 4.74. The second kappa shape index (κ2) is 5.97. The lowest BCUT2D eigenvalue weighted by molar-refractivity contribution is 0.476.